The van der Waals surface area contributed by atoms with Crippen molar-refractivity contribution in [1.82, 2.24) is 14.6 Å². The number of fused-ring (bicyclic) bond motifs is 1. The standard InChI is InChI=1S/C14H9Cl2N5/c1-7-12(9-4-3-8(15)5-10(9)16)14-19-6-11(18-2)13(17)21(14)20-7/h3-6H,17H2,1H3. The first-order valence-electron chi connectivity index (χ1n) is 5.99. The summed E-state index contributed by atoms with van der Waals surface area (Å²) in [5.74, 6) is 0.259. The number of rotatable bonds is 1. The van der Waals surface area contributed by atoms with Crippen molar-refractivity contribution in [2.45, 2.75) is 6.92 Å². The lowest BCUT2D eigenvalue weighted by molar-refractivity contribution is 0.932. The molecule has 0 amide bonds. The van der Waals surface area contributed by atoms with Crippen LogP contribution in [0, 0.1) is 13.5 Å². The Kier molecular flexibility index (Phi) is 3.20. The van der Waals surface area contributed by atoms with E-state index in [0.717, 1.165) is 16.8 Å². The predicted molar refractivity (Wildman–Crippen MR) is 83.9 cm³/mol. The van der Waals surface area contributed by atoms with Crippen LogP contribution in [-0.2, 0) is 0 Å². The number of nitrogens with zero attached hydrogens (tertiary/aromatic N) is 4. The summed E-state index contributed by atoms with van der Waals surface area (Å²) in [6.07, 6.45) is 1.44. The minimum absolute atomic E-state index is 0.259. The molecular formula is C14H9Cl2N5. The van der Waals surface area contributed by atoms with E-state index in [2.05, 4.69) is 14.9 Å². The van der Waals surface area contributed by atoms with Crippen molar-refractivity contribution >= 4 is 40.4 Å². The minimum atomic E-state index is 0.259. The van der Waals surface area contributed by atoms with Crippen molar-refractivity contribution in [3.8, 4) is 11.1 Å². The minimum Gasteiger partial charge on any atom is -0.392 e. The quantitative estimate of drug-likeness (QED) is 0.686. The topological polar surface area (TPSA) is 60.6 Å². The Bertz CT molecular complexity index is 908. The highest BCUT2D eigenvalue weighted by atomic mass is 35.5. The van der Waals surface area contributed by atoms with Crippen LogP contribution in [-0.4, -0.2) is 14.6 Å². The Hall–Kier alpha value is -2.29. The van der Waals surface area contributed by atoms with Gasteiger partial charge in [-0.25, -0.2) is 14.3 Å². The predicted octanol–water partition coefficient (Wildman–Crippen LogP) is 4.14. The third-order valence-corrected chi connectivity index (χ3v) is 3.70. The van der Waals surface area contributed by atoms with Gasteiger partial charge < -0.3 is 5.73 Å². The summed E-state index contributed by atoms with van der Waals surface area (Å²) < 4.78 is 1.46. The molecule has 0 saturated heterocycles. The molecule has 3 rings (SSSR count). The van der Waals surface area contributed by atoms with E-state index in [9.17, 15) is 0 Å². The van der Waals surface area contributed by atoms with Crippen molar-refractivity contribution in [2.75, 3.05) is 5.73 Å². The maximum absolute atomic E-state index is 7.07. The number of halogens is 2. The lowest BCUT2D eigenvalue weighted by Gasteiger charge is -2.05. The van der Waals surface area contributed by atoms with Gasteiger partial charge in [0.25, 0.3) is 0 Å². The van der Waals surface area contributed by atoms with E-state index in [1.165, 1.54) is 10.7 Å². The molecule has 0 aliphatic carbocycles. The summed E-state index contributed by atoms with van der Waals surface area (Å²) >= 11 is 12.2. The smallest absolute Gasteiger partial charge is 0.245 e. The molecule has 0 saturated carbocycles. The molecule has 0 unspecified atom stereocenters. The van der Waals surface area contributed by atoms with Gasteiger partial charge in [-0.05, 0) is 19.1 Å². The first-order valence-corrected chi connectivity index (χ1v) is 6.75. The van der Waals surface area contributed by atoms with Gasteiger partial charge in [-0.3, -0.25) is 0 Å². The van der Waals surface area contributed by atoms with Crippen LogP contribution in [0.15, 0.2) is 24.4 Å². The Morgan fingerprint density at radius 2 is 2.10 bits per heavy atom. The molecule has 0 aliphatic rings. The maximum Gasteiger partial charge on any atom is 0.245 e. The van der Waals surface area contributed by atoms with Crippen LogP contribution in [0.3, 0.4) is 0 Å². The number of benzene rings is 1. The summed E-state index contributed by atoms with van der Waals surface area (Å²) in [4.78, 5) is 7.61. The van der Waals surface area contributed by atoms with Gasteiger partial charge in [-0.15, -0.1) is 0 Å². The zero-order chi connectivity index (χ0) is 15.1. The molecule has 0 aliphatic heterocycles. The Balaban J connectivity index is 2.36. The van der Waals surface area contributed by atoms with Gasteiger partial charge >= 0.3 is 0 Å². The lowest BCUT2D eigenvalue weighted by Crippen LogP contribution is -1.99. The van der Waals surface area contributed by atoms with Crippen molar-refractivity contribution in [2.24, 2.45) is 0 Å². The fourth-order valence-electron chi connectivity index (χ4n) is 2.19. The summed E-state index contributed by atoms with van der Waals surface area (Å²) in [7, 11) is 0. The highest BCUT2D eigenvalue weighted by Crippen LogP contribution is 2.36. The van der Waals surface area contributed by atoms with Gasteiger partial charge in [0.2, 0.25) is 5.69 Å². The molecule has 2 heterocycles. The molecule has 7 heteroatoms. The van der Waals surface area contributed by atoms with Gasteiger partial charge in [0.05, 0.1) is 22.9 Å². The second-order valence-corrected chi connectivity index (χ2v) is 5.30. The van der Waals surface area contributed by atoms with Crippen molar-refractivity contribution in [1.29, 1.82) is 0 Å². The van der Waals surface area contributed by atoms with E-state index >= 15 is 0 Å². The van der Waals surface area contributed by atoms with Crippen LogP contribution in [0.1, 0.15) is 5.69 Å². The summed E-state index contributed by atoms with van der Waals surface area (Å²) in [5, 5.41) is 5.42. The number of anilines is 1. The molecule has 1 aromatic carbocycles. The van der Waals surface area contributed by atoms with Crippen LogP contribution < -0.4 is 5.73 Å². The van der Waals surface area contributed by atoms with Crippen LogP contribution in [0.25, 0.3) is 21.6 Å². The molecule has 3 aromatic rings. The third kappa shape index (κ3) is 2.09. The molecule has 0 fully saturated rings. The monoisotopic (exact) mass is 317 g/mol. The third-order valence-electron chi connectivity index (χ3n) is 3.16. The van der Waals surface area contributed by atoms with Crippen molar-refractivity contribution in [3.63, 3.8) is 0 Å². The Labute approximate surface area is 130 Å². The van der Waals surface area contributed by atoms with Gasteiger partial charge in [0, 0.05) is 16.8 Å². The largest absolute Gasteiger partial charge is 0.392 e. The lowest BCUT2D eigenvalue weighted by atomic mass is 10.1. The van der Waals surface area contributed by atoms with Crippen molar-refractivity contribution < 1.29 is 0 Å². The van der Waals surface area contributed by atoms with E-state index in [0.29, 0.717) is 15.7 Å². The normalized spacial score (nSPS) is 10.8. The SMILES string of the molecule is [C-]#[N+]c1cnc2c(-c3ccc(Cl)cc3Cl)c(C)nn2c1N. The van der Waals surface area contributed by atoms with Gasteiger partial charge in [0.1, 0.15) is 5.82 Å². The fraction of sp³-hybridized carbons (Fsp3) is 0.0714. The zero-order valence-corrected chi connectivity index (χ0v) is 12.4. The Morgan fingerprint density at radius 3 is 2.76 bits per heavy atom. The number of hydrogen-bond acceptors (Lipinski definition) is 3. The van der Waals surface area contributed by atoms with Crippen LogP contribution >= 0.6 is 23.2 Å². The molecule has 0 atom stereocenters. The van der Waals surface area contributed by atoms with E-state index < -0.39 is 0 Å². The number of hydrogen-bond donors (Lipinski definition) is 1. The molecule has 0 spiro atoms. The Morgan fingerprint density at radius 1 is 1.33 bits per heavy atom. The molecular weight excluding hydrogens is 309 g/mol. The van der Waals surface area contributed by atoms with E-state index in [1.807, 2.05) is 13.0 Å². The molecule has 21 heavy (non-hydrogen) atoms. The average Bonchev–Trinajstić information content (AvgIpc) is 2.77. The number of nitrogens with two attached hydrogens (primary N) is 1. The van der Waals surface area contributed by atoms with Crippen molar-refractivity contribution in [3.05, 3.63) is 51.6 Å². The average molecular weight is 318 g/mol. The number of aryl methyl sites for hydroxylation is 1. The maximum atomic E-state index is 7.07. The second-order valence-electron chi connectivity index (χ2n) is 4.46. The van der Waals surface area contributed by atoms with E-state index in [4.69, 9.17) is 35.5 Å². The summed E-state index contributed by atoms with van der Waals surface area (Å²) in [5.41, 5.74) is 9.04. The molecule has 2 N–H and O–H groups in total. The van der Waals surface area contributed by atoms with Gasteiger partial charge in [-0.1, -0.05) is 29.3 Å². The zero-order valence-electron chi connectivity index (χ0n) is 10.9. The number of nitrogen functional groups attached to an aromatic ring is 1. The fourth-order valence-corrected chi connectivity index (χ4v) is 2.70. The number of aromatic nitrogens is 3. The molecule has 104 valence electrons. The summed E-state index contributed by atoms with van der Waals surface area (Å²) in [6.45, 7) is 8.91. The van der Waals surface area contributed by atoms with E-state index in [1.54, 1.807) is 12.1 Å². The first-order chi connectivity index (χ1) is 10.0. The van der Waals surface area contributed by atoms with Gasteiger partial charge in [0.15, 0.2) is 5.65 Å². The van der Waals surface area contributed by atoms with E-state index in [-0.39, 0.29) is 11.5 Å². The highest BCUT2D eigenvalue weighted by Gasteiger charge is 2.18. The molecule has 0 bridgehead atoms. The highest BCUT2D eigenvalue weighted by molar-refractivity contribution is 6.36. The molecule has 5 nitrogen and oxygen atoms in total. The first kappa shape index (κ1) is 13.7. The second kappa shape index (κ2) is 4.92. The molecule has 2 aromatic heterocycles. The van der Waals surface area contributed by atoms with Crippen LogP contribution in [0.2, 0.25) is 10.0 Å². The summed E-state index contributed by atoms with van der Waals surface area (Å²) in [6, 6.07) is 5.23. The molecule has 0 radical (unpaired) electrons. The van der Waals surface area contributed by atoms with Crippen LogP contribution in [0.5, 0.6) is 0 Å². The van der Waals surface area contributed by atoms with Gasteiger partial charge in [-0.2, -0.15) is 5.10 Å². The van der Waals surface area contributed by atoms with Crippen LogP contribution in [0.4, 0.5) is 11.5 Å².